The number of nitrogens with two attached hydrogens (primary N) is 1. The predicted molar refractivity (Wildman–Crippen MR) is 86.7 cm³/mol. The highest BCUT2D eigenvalue weighted by Crippen LogP contribution is 2.40. The first-order chi connectivity index (χ1) is 8.65. The Bertz CT molecular complexity index is 550. The van der Waals surface area contributed by atoms with Crippen molar-refractivity contribution in [1.29, 1.82) is 0 Å². The van der Waals surface area contributed by atoms with Crippen LogP contribution in [0.25, 0.3) is 0 Å². The molecule has 1 nitrogen and oxygen atoms in total. The SMILES string of the molecule is NC(c1cc2c(s1)CCCC2)c1cc(Br)sc1Br. The van der Waals surface area contributed by atoms with Crippen molar-refractivity contribution in [2.45, 2.75) is 31.7 Å². The molecule has 2 aromatic rings. The van der Waals surface area contributed by atoms with Crippen LogP contribution in [0.3, 0.4) is 0 Å². The van der Waals surface area contributed by atoms with Gasteiger partial charge in [0.15, 0.2) is 0 Å². The predicted octanol–water partition coefficient (Wildman–Crippen LogP) is 5.26. The summed E-state index contributed by atoms with van der Waals surface area (Å²) in [6.45, 7) is 0. The Balaban J connectivity index is 1.94. The standard InChI is InChI=1S/C13H13Br2NS2/c14-11-6-8(13(15)18-11)12(16)10-5-7-3-1-2-4-9(7)17-10/h5-6,12H,1-4,16H2. The lowest BCUT2D eigenvalue weighted by Crippen LogP contribution is -2.09. The molecule has 1 aliphatic rings. The quantitative estimate of drug-likeness (QED) is 0.722. The van der Waals surface area contributed by atoms with Crippen LogP contribution in [0.15, 0.2) is 19.7 Å². The van der Waals surface area contributed by atoms with Gasteiger partial charge in [-0.25, -0.2) is 0 Å². The van der Waals surface area contributed by atoms with Gasteiger partial charge in [0.2, 0.25) is 0 Å². The molecule has 0 fully saturated rings. The lowest BCUT2D eigenvalue weighted by Gasteiger charge is -2.08. The molecule has 0 spiro atoms. The maximum Gasteiger partial charge on any atom is 0.0761 e. The van der Waals surface area contributed by atoms with E-state index in [0.29, 0.717) is 0 Å². The van der Waals surface area contributed by atoms with E-state index in [1.165, 1.54) is 41.7 Å². The third-order valence-electron chi connectivity index (χ3n) is 3.34. The summed E-state index contributed by atoms with van der Waals surface area (Å²) in [6.07, 6.45) is 5.12. The minimum atomic E-state index is -0.00229. The molecule has 0 amide bonds. The fraction of sp³-hybridized carbons (Fsp3) is 0.385. The molecule has 2 heterocycles. The molecule has 96 valence electrons. The smallest absolute Gasteiger partial charge is 0.0761 e. The lowest BCUT2D eigenvalue weighted by molar-refractivity contribution is 0.696. The normalized spacial score (nSPS) is 16.6. The van der Waals surface area contributed by atoms with E-state index in [0.717, 1.165) is 7.57 Å². The summed E-state index contributed by atoms with van der Waals surface area (Å²) < 4.78 is 2.26. The molecule has 3 rings (SSSR count). The van der Waals surface area contributed by atoms with E-state index in [2.05, 4.69) is 44.0 Å². The zero-order valence-corrected chi connectivity index (χ0v) is 14.5. The minimum Gasteiger partial charge on any atom is -0.320 e. The zero-order valence-electron chi connectivity index (χ0n) is 9.71. The van der Waals surface area contributed by atoms with Crippen LogP contribution in [-0.4, -0.2) is 0 Å². The van der Waals surface area contributed by atoms with Gasteiger partial charge in [0.1, 0.15) is 0 Å². The summed E-state index contributed by atoms with van der Waals surface area (Å²) in [5.41, 5.74) is 9.12. The first-order valence-corrected chi connectivity index (χ1v) is 9.19. The number of thiophene rings is 2. The highest BCUT2D eigenvalue weighted by Gasteiger charge is 2.20. The van der Waals surface area contributed by atoms with Crippen LogP contribution in [0, 0.1) is 0 Å². The van der Waals surface area contributed by atoms with Crippen molar-refractivity contribution in [3.05, 3.63) is 40.6 Å². The number of hydrogen-bond donors (Lipinski definition) is 1. The first kappa shape index (κ1) is 13.3. The Labute approximate surface area is 132 Å². The van der Waals surface area contributed by atoms with Crippen molar-refractivity contribution in [2.75, 3.05) is 0 Å². The molecule has 1 aliphatic carbocycles. The fourth-order valence-electron chi connectivity index (χ4n) is 2.39. The Kier molecular flexibility index (Phi) is 3.97. The van der Waals surface area contributed by atoms with Gasteiger partial charge in [-0.15, -0.1) is 22.7 Å². The first-order valence-electron chi connectivity index (χ1n) is 5.97. The monoisotopic (exact) mass is 405 g/mol. The van der Waals surface area contributed by atoms with Crippen molar-refractivity contribution in [2.24, 2.45) is 5.73 Å². The van der Waals surface area contributed by atoms with Gasteiger partial charge in [0.25, 0.3) is 0 Å². The van der Waals surface area contributed by atoms with Gasteiger partial charge in [0.05, 0.1) is 13.6 Å². The summed E-state index contributed by atoms with van der Waals surface area (Å²) in [7, 11) is 0. The molecule has 0 saturated heterocycles. The number of halogens is 2. The Hall–Kier alpha value is 0.320. The topological polar surface area (TPSA) is 26.0 Å². The second kappa shape index (κ2) is 5.37. The summed E-state index contributed by atoms with van der Waals surface area (Å²) in [4.78, 5) is 2.85. The fourth-order valence-corrected chi connectivity index (χ4v) is 6.59. The highest BCUT2D eigenvalue weighted by atomic mass is 79.9. The summed E-state index contributed by atoms with van der Waals surface area (Å²) >= 11 is 10.7. The van der Waals surface area contributed by atoms with E-state index < -0.39 is 0 Å². The highest BCUT2D eigenvalue weighted by molar-refractivity contribution is 9.12. The summed E-state index contributed by atoms with van der Waals surface area (Å²) in [5, 5.41) is 0. The largest absolute Gasteiger partial charge is 0.320 e. The van der Waals surface area contributed by atoms with Gasteiger partial charge >= 0.3 is 0 Å². The number of rotatable bonds is 2. The number of fused-ring (bicyclic) bond motifs is 1. The van der Waals surface area contributed by atoms with E-state index in [4.69, 9.17) is 5.73 Å². The third-order valence-corrected chi connectivity index (χ3v) is 7.05. The van der Waals surface area contributed by atoms with E-state index in [9.17, 15) is 0 Å². The molecule has 1 unspecified atom stereocenters. The van der Waals surface area contributed by atoms with Gasteiger partial charge in [-0.2, -0.15) is 0 Å². The molecule has 0 saturated carbocycles. The molecule has 2 aromatic heterocycles. The minimum absolute atomic E-state index is 0.00229. The van der Waals surface area contributed by atoms with Gasteiger partial charge in [-0.3, -0.25) is 0 Å². The van der Waals surface area contributed by atoms with Crippen LogP contribution in [0.4, 0.5) is 0 Å². The van der Waals surface area contributed by atoms with E-state index in [1.54, 1.807) is 16.2 Å². The Morgan fingerprint density at radius 2 is 1.89 bits per heavy atom. The Morgan fingerprint density at radius 1 is 1.11 bits per heavy atom. The molecule has 18 heavy (non-hydrogen) atoms. The van der Waals surface area contributed by atoms with Crippen LogP contribution in [0.5, 0.6) is 0 Å². The van der Waals surface area contributed by atoms with Crippen molar-refractivity contribution in [3.8, 4) is 0 Å². The average Bonchev–Trinajstić information content (AvgIpc) is 2.91. The van der Waals surface area contributed by atoms with Crippen molar-refractivity contribution >= 4 is 54.5 Å². The zero-order chi connectivity index (χ0) is 12.7. The molecule has 2 N–H and O–H groups in total. The molecule has 0 aromatic carbocycles. The lowest BCUT2D eigenvalue weighted by atomic mass is 9.98. The summed E-state index contributed by atoms with van der Waals surface area (Å²) in [6, 6.07) is 4.44. The van der Waals surface area contributed by atoms with Gasteiger partial charge in [0, 0.05) is 15.3 Å². The molecule has 0 radical (unpaired) electrons. The molecule has 0 bridgehead atoms. The molecule has 0 aliphatic heterocycles. The van der Waals surface area contributed by atoms with Crippen LogP contribution in [0.1, 0.15) is 39.8 Å². The van der Waals surface area contributed by atoms with Gasteiger partial charge in [-0.1, -0.05) is 0 Å². The maximum absolute atomic E-state index is 6.41. The van der Waals surface area contributed by atoms with Crippen molar-refractivity contribution < 1.29 is 0 Å². The molecule has 1 atom stereocenters. The average molecular weight is 407 g/mol. The number of hydrogen-bond acceptors (Lipinski definition) is 3. The van der Waals surface area contributed by atoms with Crippen LogP contribution in [-0.2, 0) is 12.8 Å². The third kappa shape index (κ3) is 2.48. The van der Waals surface area contributed by atoms with Gasteiger partial charge < -0.3 is 5.73 Å². The van der Waals surface area contributed by atoms with Crippen molar-refractivity contribution in [1.82, 2.24) is 0 Å². The van der Waals surface area contributed by atoms with Gasteiger partial charge in [-0.05, 0) is 75.2 Å². The van der Waals surface area contributed by atoms with E-state index in [-0.39, 0.29) is 6.04 Å². The maximum atomic E-state index is 6.41. The molecular formula is C13H13Br2NS2. The van der Waals surface area contributed by atoms with Crippen LogP contribution in [0.2, 0.25) is 0 Å². The van der Waals surface area contributed by atoms with E-state index in [1.807, 2.05) is 11.3 Å². The van der Waals surface area contributed by atoms with E-state index >= 15 is 0 Å². The second-order valence-corrected chi connectivity index (χ2v) is 9.48. The molecular weight excluding hydrogens is 394 g/mol. The van der Waals surface area contributed by atoms with Crippen LogP contribution < -0.4 is 5.73 Å². The van der Waals surface area contributed by atoms with Crippen LogP contribution >= 0.6 is 54.5 Å². The summed E-state index contributed by atoms with van der Waals surface area (Å²) in [5.74, 6) is 0. The second-order valence-electron chi connectivity index (χ2n) is 4.56. The number of aryl methyl sites for hydroxylation is 2. The van der Waals surface area contributed by atoms with Crippen molar-refractivity contribution in [3.63, 3.8) is 0 Å². The molecule has 5 heteroatoms. The Morgan fingerprint density at radius 3 is 2.56 bits per heavy atom.